The highest BCUT2D eigenvalue weighted by Gasteiger charge is 2.21. The summed E-state index contributed by atoms with van der Waals surface area (Å²) in [6, 6.07) is 7.80. The number of halogens is 1. The summed E-state index contributed by atoms with van der Waals surface area (Å²) in [7, 11) is 1.36. The Morgan fingerprint density at radius 1 is 1.35 bits per heavy atom. The molecule has 2 aromatic carbocycles. The average Bonchev–Trinajstić information content (AvgIpc) is 2.50. The predicted molar refractivity (Wildman–Crippen MR) is 86.6 cm³/mol. The van der Waals surface area contributed by atoms with Gasteiger partial charge in [0.25, 0.3) is 0 Å². The third kappa shape index (κ3) is 2.27. The van der Waals surface area contributed by atoms with Crippen molar-refractivity contribution in [3.63, 3.8) is 0 Å². The van der Waals surface area contributed by atoms with E-state index in [1.807, 2.05) is 0 Å². The van der Waals surface area contributed by atoms with E-state index in [1.165, 1.54) is 17.7 Å². The SMILES string of the molecule is COc1c(Cl)cc(O)c2c(=O)c3ccccc3n(CC(=O)O)c12. The van der Waals surface area contributed by atoms with Crippen LogP contribution in [0.15, 0.2) is 35.1 Å². The maximum absolute atomic E-state index is 12.7. The minimum Gasteiger partial charge on any atom is -0.507 e. The number of hydrogen-bond acceptors (Lipinski definition) is 4. The molecular weight excluding hydrogens is 322 g/mol. The normalized spacial score (nSPS) is 11.0. The van der Waals surface area contributed by atoms with E-state index in [2.05, 4.69) is 0 Å². The number of aliphatic carboxylic acids is 1. The van der Waals surface area contributed by atoms with Gasteiger partial charge in [0, 0.05) is 11.5 Å². The van der Waals surface area contributed by atoms with Crippen molar-refractivity contribution in [3.05, 3.63) is 45.6 Å². The van der Waals surface area contributed by atoms with E-state index < -0.39 is 17.9 Å². The summed E-state index contributed by atoms with van der Waals surface area (Å²) in [5.74, 6) is -1.27. The van der Waals surface area contributed by atoms with Crippen molar-refractivity contribution >= 4 is 39.4 Å². The van der Waals surface area contributed by atoms with Crippen molar-refractivity contribution in [2.45, 2.75) is 6.54 Å². The fourth-order valence-electron chi connectivity index (χ4n) is 2.74. The molecule has 0 unspecified atom stereocenters. The van der Waals surface area contributed by atoms with Gasteiger partial charge in [0.1, 0.15) is 17.8 Å². The van der Waals surface area contributed by atoms with Crippen LogP contribution < -0.4 is 10.2 Å². The smallest absolute Gasteiger partial charge is 0.323 e. The second kappa shape index (κ2) is 5.48. The van der Waals surface area contributed by atoms with Crippen LogP contribution in [0.1, 0.15) is 0 Å². The van der Waals surface area contributed by atoms with E-state index in [9.17, 15) is 19.8 Å². The highest BCUT2D eigenvalue weighted by atomic mass is 35.5. The lowest BCUT2D eigenvalue weighted by atomic mass is 10.1. The number of aromatic nitrogens is 1. The van der Waals surface area contributed by atoms with Crippen LogP contribution in [0.4, 0.5) is 0 Å². The van der Waals surface area contributed by atoms with Crippen LogP contribution in [0.25, 0.3) is 21.8 Å². The number of carboxylic acids is 1. The number of phenols is 1. The van der Waals surface area contributed by atoms with Gasteiger partial charge in [-0.3, -0.25) is 9.59 Å². The fraction of sp³-hybridized carbons (Fsp3) is 0.125. The Morgan fingerprint density at radius 2 is 2.04 bits per heavy atom. The first kappa shape index (κ1) is 15.2. The number of para-hydroxylation sites is 1. The molecule has 2 N–H and O–H groups in total. The number of methoxy groups -OCH3 is 1. The summed E-state index contributed by atoms with van der Waals surface area (Å²) < 4.78 is 6.65. The molecule has 1 aromatic heterocycles. The minimum absolute atomic E-state index is 0.0220. The molecule has 0 bridgehead atoms. The van der Waals surface area contributed by atoms with Crippen LogP contribution in [0.5, 0.6) is 11.5 Å². The van der Waals surface area contributed by atoms with Gasteiger partial charge in [0.05, 0.1) is 23.0 Å². The molecule has 3 rings (SSSR count). The van der Waals surface area contributed by atoms with E-state index >= 15 is 0 Å². The Kier molecular flexibility index (Phi) is 3.61. The van der Waals surface area contributed by atoms with Gasteiger partial charge in [-0.05, 0) is 12.1 Å². The van der Waals surface area contributed by atoms with Gasteiger partial charge >= 0.3 is 5.97 Å². The summed E-state index contributed by atoms with van der Waals surface area (Å²) in [5, 5.41) is 19.8. The molecule has 1 heterocycles. The number of rotatable bonds is 3. The number of ether oxygens (including phenoxy) is 1. The molecule has 6 nitrogen and oxygen atoms in total. The Hall–Kier alpha value is -2.73. The zero-order valence-corrected chi connectivity index (χ0v) is 12.8. The Balaban J connectivity index is 2.68. The molecule has 0 aliphatic carbocycles. The molecule has 118 valence electrons. The largest absolute Gasteiger partial charge is 0.507 e. The van der Waals surface area contributed by atoms with Crippen LogP contribution in [-0.4, -0.2) is 27.9 Å². The van der Waals surface area contributed by atoms with Gasteiger partial charge in [-0.1, -0.05) is 23.7 Å². The molecule has 3 aromatic rings. The number of fused-ring (bicyclic) bond motifs is 2. The molecule has 7 heteroatoms. The van der Waals surface area contributed by atoms with Crippen molar-refractivity contribution in [1.29, 1.82) is 0 Å². The van der Waals surface area contributed by atoms with Crippen molar-refractivity contribution in [2.24, 2.45) is 0 Å². The van der Waals surface area contributed by atoms with Crippen LogP contribution in [0, 0.1) is 0 Å². The second-order valence-electron chi connectivity index (χ2n) is 4.96. The Bertz CT molecular complexity index is 1010. The number of hydrogen-bond donors (Lipinski definition) is 2. The third-order valence-corrected chi connectivity index (χ3v) is 3.90. The molecule has 0 atom stereocenters. The zero-order chi connectivity index (χ0) is 16.7. The molecule has 0 spiro atoms. The lowest BCUT2D eigenvalue weighted by Crippen LogP contribution is -2.16. The molecule has 0 radical (unpaired) electrons. The van der Waals surface area contributed by atoms with Crippen molar-refractivity contribution in [1.82, 2.24) is 4.57 Å². The quantitative estimate of drug-likeness (QED) is 0.719. The first-order chi connectivity index (χ1) is 11.0. The highest BCUT2D eigenvalue weighted by molar-refractivity contribution is 6.33. The van der Waals surface area contributed by atoms with Gasteiger partial charge in [0.15, 0.2) is 5.75 Å². The van der Waals surface area contributed by atoms with E-state index in [0.29, 0.717) is 10.9 Å². The van der Waals surface area contributed by atoms with Gasteiger partial charge in [-0.2, -0.15) is 0 Å². The van der Waals surface area contributed by atoms with Gasteiger partial charge in [-0.25, -0.2) is 0 Å². The predicted octanol–water partition coefficient (Wildman–Crippen LogP) is 2.61. The summed E-state index contributed by atoms with van der Waals surface area (Å²) in [6.07, 6.45) is 0. The number of benzene rings is 2. The monoisotopic (exact) mass is 333 g/mol. The van der Waals surface area contributed by atoms with Gasteiger partial charge in [0.2, 0.25) is 5.43 Å². The maximum atomic E-state index is 12.7. The summed E-state index contributed by atoms with van der Waals surface area (Å²) in [6.45, 7) is -0.409. The van der Waals surface area contributed by atoms with E-state index in [1.54, 1.807) is 24.3 Å². The second-order valence-corrected chi connectivity index (χ2v) is 5.37. The molecule has 23 heavy (non-hydrogen) atoms. The molecule has 0 aliphatic rings. The van der Waals surface area contributed by atoms with Gasteiger partial charge < -0.3 is 19.5 Å². The lowest BCUT2D eigenvalue weighted by Gasteiger charge is -2.17. The molecule has 0 fully saturated rings. The molecule has 0 aliphatic heterocycles. The molecule has 0 saturated carbocycles. The number of aromatic hydroxyl groups is 1. The first-order valence-corrected chi connectivity index (χ1v) is 7.06. The van der Waals surface area contributed by atoms with Gasteiger partial charge in [-0.15, -0.1) is 0 Å². The number of nitrogens with zero attached hydrogens (tertiary/aromatic N) is 1. The zero-order valence-electron chi connectivity index (χ0n) is 12.0. The molecule has 0 saturated heterocycles. The fourth-order valence-corrected chi connectivity index (χ4v) is 3.01. The number of phenolic OH excluding ortho intramolecular Hbond substituents is 1. The third-order valence-electron chi connectivity index (χ3n) is 3.62. The van der Waals surface area contributed by atoms with Crippen molar-refractivity contribution < 1.29 is 19.7 Å². The number of carbonyl (C=O) groups is 1. The minimum atomic E-state index is -1.10. The van der Waals surface area contributed by atoms with Crippen LogP contribution in [0.2, 0.25) is 5.02 Å². The van der Waals surface area contributed by atoms with E-state index in [-0.39, 0.29) is 27.4 Å². The van der Waals surface area contributed by atoms with Crippen molar-refractivity contribution in [2.75, 3.05) is 7.11 Å². The van der Waals surface area contributed by atoms with E-state index in [0.717, 1.165) is 0 Å². The highest BCUT2D eigenvalue weighted by Crippen LogP contribution is 2.38. The summed E-state index contributed by atoms with van der Waals surface area (Å²) in [5.41, 5.74) is 0.167. The molecular formula is C16H12ClNO5. The number of carboxylic acid groups (broad SMARTS) is 1. The van der Waals surface area contributed by atoms with E-state index in [4.69, 9.17) is 16.3 Å². The Labute approximate surface area is 135 Å². The lowest BCUT2D eigenvalue weighted by molar-refractivity contribution is -0.137. The average molecular weight is 334 g/mol. The van der Waals surface area contributed by atoms with Crippen molar-refractivity contribution in [3.8, 4) is 11.5 Å². The summed E-state index contributed by atoms with van der Waals surface area (Å²) in [4.78, 5) is 24.0. The Morgan fingerprint density at radius 3 is 2.70 bits per heavy atom. The maximum Gasteiger partial charge on any atom is 0.323 e. The molecule has 0 amide bonds. The summed E-state index contributed by atoms with van der Waals surface area (Å²) >= 11 is 6.07. The first-order valence-electron chi connectivity index (χ1n) is 6.68. The van der Waals surface area contributed by atoms with Crippen LogP contribution in [0.3, 0.4) is 0 Å². The van der Waals surface area contributed by atoms with Crippen LogP contribution >= 0.6 is 11.6 Å². The topological polar surface area (TPSA) is 88.8 Å². The number of pyridine rings is 1. The standard InChI is InChI=1S/C16H12ClNO5/c1-23-16-9(17)6-11(19)13-14(16)18(7-12(20)21)10-5-3-2-4-8(10)15(13)22/h2-6,19H,7H2,1H3,(H,20,21). The van der Waals surface area contributed by atoms with Crippen LogP contribution in [-0.2, 0) is 11.3 Å².